The van der Waals surface area contributed by atoms with E-state index < -0.39 is 0 Å². The first-order valence-corrected chi connectivity index (χ1v) is 7.33. The van der Waals surface area contributed by atoms with Crippen molar-refractivity contribution in [2.75, 3.05) is 26.7 Å². The number of likely N-dealkylation sites (N-methyl/N-ethyl adjacent to an activating group) is 2. The number of hydrogen-bond acceptors (Lipinski definition) is 2. The zero-order chi connectivity index (χ0) is 14.2. The minimum Gasteiger partial charge on any atom is -0.316 e. The summed E-state index contributed by atoms with van der Waals surface area (Å²) in [4.78, 5) is 2.35. The SMILES string of the molecule is CCNCCN(C)Cc1ccc(-c2ccccc2)cc1. The normalized spacial score (nSPS) is 10.9. The molecule has 2 aromatic carbocycles. The van der Waals surface area contributed by atoms with Gasteiger partial charge in [0.05, 0.1) is 0 Å². The summed E-state index contributed by atoms with van der Waals surface area (Å²) >= 11 is 0. The fraction of sp³-hybridized carbons (Fsp3) is 0.333. The largest absolute Gasteiger partial charge is 0.316 e. The molecule has 0 amide bonds. The zero-order valence-electron chi connectivity index (χ0n) is 12.5. The lowest BCUT2D eigenvalue weighted by Crippen LogP contribution is -2.28. The highest BCUT2D eigenvalue weighted by molar-refractivity contribution is 5.63. The first-order chi connectivity index (χ1) is 9.79. The van der Waals surface area contributed by atoms with Gasteiger partial charge in [0.15, 0.2) is 0 Å². The second-order valence-electron chi connectivity index (χ2n) is 5.15. The number of rotatable bonds is 7. The summed E-state index contributed by atoms with van der Waals surface area (Å²) in [6.07, 6.45) is 0. The molecule has 1 N–H and O–H groups in total. The minimum atomic E-state index is 1.00. The van der Waals surface area contributed by atoms with Gasteiger partial charge in [0.25, 0.3) is 0 Å². The smallest absolute Gasteiger partial charge is 0.0231 e. The van der Waals surface area contributed by atoms with Gasteiger partial charge in [-0.1, -0.05) is 61.5 Å². The monoisotopic (exact) mass is 268 g/mol. The molecule has 2 rings (SSSR count). The summed E-state index contributed by atoms with van der Waals surface area (Å²) in [7, 11) is 2.17. The fourth-order valence-electron chi connectivity index (χ4n) is 2.27. The van der Waals surface area contributed by atoms with Crippen LogP contribution in [0.25, 0.3) is 11.1 Å². The van der Waals surface area contributed by atoms with Gasteiger partial charge in [0, 0.05) is 19.6 Å². The maximum atomic E-state index is 3.35. The molecule has 2 heteroatoms. The number of nitrogens with one attached hydrogen (secondary N) is 1. The average Bonchev–Trinajstić information content (AvgIpc) is 2.49. The second kappa shape index (κ2) is 7.83. The second-order valence-corrected chi connectivity index (χ2v) is 5.15. The van der Waals surface area contributed by atoms with E-state index in [1.807, 2.05) is 0 Å². The predicted molar refractivity (Wildman–Crippen MR) is 86.8 cm³/mol. The van der Waals surface area contributed by atoms with Crippen LogP contribution in [-0.2, 0) is 6.54 Å². The third kappa shape index (κ3) is 4.48. The van der Waals surface area contributed by atoms with Gasteiger partial charge >= 0.3 is 0 Å². The Bertz CT molecular complexity index is 491. The van der Waals surface area contributed by atoms with Gasteiger partial charge in [-0.2, -0.15) is 0 Å². The lowest BCUT2D eigenvalue weighted by Gasteiger charge is -2.17. The number of hydrogen-bond donors (Lipinski definition) is 1. The average molecular weight is 268 g/mol. The summed E-state index contributed by atoms with van der Waals surface area (Å²) in [5.74, 6) is 0. The summed E-state index contributed by atoms with van der Waals surface area (Å²) in [5, 5.41) is 3.35. The van der Waals surface area contributed by atoms with Gasteiger partial charge in [-0.05, 0) is 30.3 Å². The van der Waals surface area contributed by atoms with Crippen molar-refractivity contribution in [3.63, 3.8) is 0 Å². The molecule has 0 bridgehead atoms. The van der Waals surface area contributed by atoms with E-state index in [1.54, 1.807) is 0 Å². The molecule has 2 aromatic rings. The van der Waals surface area contributed by atoms with E-state index in [0.29, 0.717) is 0 Å². The van der Waals surface area contributed by atoms with Crippen molar-refractivity contribution in [3.05, 3.63) is 60.2 Å². The maximum Gasteiger partial charge on any atom is 0.0231 e. The summed E-state index contributed by atoms with van der Waals surface area (Å²) in [5.41, 5.74) is 3.92. The lowest BCUT2D eigenvalue weighted by molar-refractivity contribution is 0.325. The molecule has 0 fully saturated rings. The van der Waals surface area contributed by atoms with Crippen LogP contribution < -0.4 is 5.32 Å². The van der Waals surface area contributed by atoms with Crippen LogP contribution in [0.1, 0.15) is 12.5 Å². The topological polar surface area (TPSA) is 15.3 Å². The molecule has 20 heavy (non-hydrogen) atoms. The molecule has 2 nitrogen and oxygen atoms in total. The van der Waals surface area contributed by atoms with Crippen LogP contribution in [0.4, 0.5) is 0 Å². The van der Waals surface area contributed by atoms with Crippen LogP contribution in [0.3, 0.4) is 0 Å². The highest BCUT2D eigenvalue weighted by Gasteiger charge is 2.01. The Morgan fingerprint density at radius 2 is 1.55 bits per heavy atom. The molecule has 0 radical (unpaired) electrons. The third-order valence-corrected chi connectivity index (χ3v) is 3.43. The molecule has 0 unspecified atom stereocenters. The molecule has 106 valence electrons. The minimum absolute atomic E-state index is 1.00. The van der Waals surface area contributed by atoms with E-state index in [2.05, 4.69) is 78.8 Å². The van der Waals surface area contributed by atoms with Gasteiger partial charge in [0.1, 0.15) is 0 Å². The third-order valence-electron chi connectivity index (χ3n) is 3.43. The van der Waals surface area contributed by atoms with E-state index >= 15 is 0 Å². The summed E-state index contributed by atoms with van der Waals surface area (Å²) in [6.45, 7) is 6.31. The van der Waals surface area contributed by atoms with E-state index in [1.165, 1.54) is 16.7 Å². The lowest BCUT2D eigenvalue weighted by atomic mass is 10.0. The van der Waals surface area contributed by atoms with Crippen molar-refractivity contribution in [2.24, 2.45) is 0 Å². The predicted octanol–water partition coefficient (Wildman–Crippen LogP) is 3.39. The maximum absolute atomic E-state index is 3.35. The van der Waals surface area contributed by atoms with Crippen molar-refractivity contribution < 1.29 is 0 Å². The Hall–Kier alpha value is -1.64. The molecule has 0 atom stereocenters. The molecule has 0 aromatic heterocycles. The summed E-state index contributed by atoms with van der Waals surface area (Å²) in [6, 6.07) is 19.4. The van der Waals surface area contributed by atoms with Crippen molar-refractivity contribution in [3.8, 4) is 11.1 Å². The Morgan fingerprint density at radius 1 is 0.900 bits per heavy atom. The van der Waals surface area contributed by atoms with Crippen LogP contribution in [0, 0.1) is 0 Å². The molecule has 0 aliphatic carbocycles. The molecular weight excluding hydrogens is 244 g/mol. The molecule has 0 saturated heterocycles. The summed E-state index contributed by atoms with van der Waals surface area (Å²) < 4.78 is 0. The molecular formula is C18H24N2. The Balaban J connectivity index is 1.92. The molecule has 0 saturated carbocycles. The standard InChI is InChI=1S/C18H24N2/c1-3-19-13-14-20(2)15-16-9-11-18(12-10-16)17-7-5-4-6-8-17/h4-12,19H,3,13-15H2,1-2H3. The van der Waals surface area contributed by atoms with Crippen LogP contribution in [0.15, 0.2) is 54.6 Å². The highest BCUT2D eigenvalue weighted by Crippen LogP contribution is 2.19. The van der Waals surface area contributed by atoms with E-state index in [4.69, 9.17) is 0 Å². The molecule has 0 heterocycles. The Morgan fingerprint density at radius 3 is 2.20 bits per heavy atom. The van der Waals surface area contributed by atoms with Gasteiger partial charge < -0.3 is 10.2 Å². The van der Waals surface area contributed by atoms with E-state index in [9.17, 15) is 0 Å². The van der Waals surface area contributed by atoms with Gasteiger partial charge in [-0.3, -0.25) is 0 Å². The highest BCUT2D eigenvalue weighted by atomic mass is 15.1. The van der Waals surface area contributed by atoms with Crippen molar-refractivity contribution in [1.82, 2.24) is 10.2 Å². The zero-order valence-corrected chi connectivity index (χ0v) is 12.5. The first-order valence-electron chi connectivity index (χ1n) is 7.33. The van der Waals surface area contributed by atoms with E-state index in [-0.39, 0.29) is 0 Å². The quantitative estimate of drug-likeness (QED) is 0.774. The van der Waals surface area contributed by atoms with Crippen LogP contribution >= 0.6 is 0 Å². The number of nitrogens with zero attached hydrogens (tertiary/aromatic N) is 1. The van der Waals surface area contributed by atoms with Gasteiger partial charge in [-0.25, -0.2) is 0 Å². The Kier molecular flexibility index (Phi) is 5.78. The van der Waals surface area contributed by atoms with Crippen molar-refractivity contribution in [2.45, 2.75) is 13.5 Å². The van der Waals surface area contributed by atoms with Crippen LogP contribution in [0.2, 0.25) is 0 Å². The van der Waals surface area contributed by atoms with Crippen molar-refractivity contribution in [1.29, 1.82) is 0 Å². The Labute approximate surface area is 122 Å². The van der Waals surface area contributed by atoms with E-state index in [0.717, 1.165) is 26.2 Å². The molecule has 0 spiro atoms. The van der Waals surface area contributed by atoms with Crippen molar-refractivity contribution >= 4 is 0 Å². The number of benzene rings is 2. The fourth-order valence-corrected chi connectivity index (χ4v) is 2.27. The first kappa shape index (κ1) is 14.8. The molecule has 0 aliphatic heterocycles. The van der Waals surface area contributed by atoms with Crippen LogP contribution in [-0.4, -0.2) is 31.6 Å². The van der Waals surface area contributed by atoms with Crippen LogP contribution in [0.5, 0.6) is 0 Å². The van der Waals surface area contributed by atoms with Gasteiger partial charge in [-0.15, -0.1) is 0 Å². The molecule has 0 aliphatic rings. The van der Waals surface area contributed by atoms with Gasteiger partial charge in [0.2, 0.25) is 0 Å².